The van der Waals surface area contributed by atoms with Crippen molar-refractivity contribution in [2.24, 2.45) is 0 Å². The number of carbonyl (C=O) groups is 1. The summed E-state index contributed by atoms with van der Waals surface area (Å²) in [6.07, 6.45) is 2.49. The van der Waals surface area contributed by atoms with E-state index in [0.29, 0.717) is 18.2 Å². The predicted molar refractivity (Wildman–Crippen MR) is 113 cm³/mol. The van der Waals surface area contributed by atoms with Crippen molar-refractivity contribution in [3.63, 3.8) is 0 Å². The molecule has 1 saturated heterocycles. The van der Waals surface area contributed by atoms with Gasteiger partial charge in [0.05, 0.1) is 5.38 Å². The Labute approximate surface area is 179 Å². The quantitative estimate of drug-likeness (QED) is 0.526. The summed E-state index contributed by atoms with van der Waals surface area (Å²) >= 11 is 5.00. The molecule has 1 atom stereocenters. The highest BCUT2D eigenvalue weighted by molar-refractivity contribution is 9.10. The highest BCUT2D eigenvalue weighted by atomic mass is 79.9. The summed E-state index contributed by atoms with van der Waals surface area (Å²) in [5, 5.41) is 2.55. The van der Waals surface area contributed by atoms with Crippen LogP contribution in [0.15, 0.2) is 21.5 Å². The summed E-state index contributed by atoms with van der Waals surface area (Å²) in [5.74, 6) is 0. The Balaban J connectivity index is 1.80. The molecule has 1 amide bonds. The van der Waals surface area contributed by atoms with E-state index in [2.05, 4.69) is 22.0 Å². The third-order valence-electron chi connectivity index (χ3n) is 5.13. The van der Waals surface area contributed by atoms with Gasteiger partial charge in [0.1, 0.15) is 11.2 Å². The fraction of sp³-hybridized carbons (Fsp3) is 0.667. The van der Waals surface area contributed by atoms with E-state index in [0.717, 1.165) is 16.5 Å². The number of rotatable bonds is 2. The Morgan fingerprint density at radius 1 is 1.39 bits per heavy atom. The highest BCUT2D eigenvalue weighted by Gasteiger charge is 2.61. The molecule has 154 valence electrons. The molecule has 2 aliphatic heterocycles. The number of halogens is 1. The van der Waals surface area contributed by atoms with Gasteiger partial charge >= 0.3 is 18.3 Å². The van der Waals surface area contributed by atoms with E-state index in [4.69, 9.17) is 19.8 Å². The van der Waals surface area contributed by atoms with Gasteiger partial charge < -0.3 is 18.9 Å². The van der Waals surface area contributed by atoms with Gasteiger partial charge in [0, 0.05) is 20.0 Å². The molecular formula is C18H28BBrN3O4S+. The second-order valence-electron chi connectivity index (χ2n) is 8.76. The van der Waals surface area contributed by atoms with Crippen LogP contribution in [0.3, 0.4) is 0 Å². The molecule has 0 saturated carbocycles. The molecule has 1 aromatic rings. The van der Waals surface area contributed by atoms with E-state index < -0.39 is 24.0 Å². The molecule has 0 radical (unpaired) electrons. The van der Waals surface area contributed by atoms with Gasteiger partial charge in [-0.05, 0) is 62.4 Å². The van der Waals surface area contributed by atoms with Crippen molar-refractivity contribution in [2.75, 3.05) is 18.8 Å². The fourth-order valence-corrected chi connectivity index (χ4v) is 5.01. The Bertz CT molecular complexity index is 788. The molecule has 0 bridgehead atoms. The van der Waals surface area contributed by atoms with Crippen LogP contribution in [0.2, 0.25) is 0 Å². The average Bonchev–Trinajstić information content (AvgIpc) is 3.03. The number of carbonyl (C=O) groups excluding carboxylic acids is 1. The molecule has 1 fully saturated rings. The first-order chi connectivity index (χ1) is 12.8. The fourth-order valence-electron chi connectivity index (χ4n) is 3.38. The maximum Gasteiger partial charge on any atom is 0.494 e. The number of nitrogens with zero attached hydrogens (tertiary/aromatic N) is 2. The van der Waals surface area contributed by atoms with E-state index in [1.807, 2.05) is 51.5 Å². The van der Waals surface area contributed by atoms with Crippen molar-refractivity contribution in [1.29, 1.82) is 0 Å². The van der Waals surface area contributed by atoms with Crippen LogP contribution in [-0.4, -0.2) is 42.4 Å². The van der Waals surface area contributed by atoms with Crippen LogP contribution in [-0.2, 0) is 19.8 Å². The number of hydrogen-bond acceptors (Lipinski definition) is 6. The number of ether oxygens (including phenoxy) is 1. The van der Waals surface area contributed by atoms with Crippen LogP contribution in [0.5, 0.6) is 0 Å². The zero-order chi connectivity index (χ0) is 20.9. The van der Waals surface area contributed by atoms with Crippen molar-refractivity contribution in [3.8, 4) is 0 Å². The molecule has 2 N–H and O–H groups in total. The third-order valence-corrected chi connectivity index (χ3v) is 6.78. The maximum absolute atomic E-state index is 12.5. The second kappa shape index (κ2) is 7.30. The van der Waals surface area contributed by atoms with Gasteiger partial charge in [-0.2, -0.15) is 4.57 Å². The van der Waals surface area contributed by atoms with Gasteiger partial charge in [-0.15, -0.1) is 0 Å². The molecule has 3 heterocycles. The molecule has 1 aromatic heterocycles. The summed E-state index contributed by atoms with van der Waals surface area (Å²) < 4.78 is 21.0. The van der Waals surface area contributed by atoms with Crippen LogP contribution in [0.4, 0.5) is 9.93 Å². The molecule has 2 aliphatic rings. The minimum atomic E-state index is -0.810. The molecule has 7 nitrogen and oxygen atoms in total. The Hall–Kier alpha value is -1.10. The summed E-state index contributed by atoms with van der Waals surface area (Å²) in [6, 6.07) is 0. The average molecular weight is 473 g/mol. The lowest BCUT2D eigenvalue weighted by molar-refractivity contribution is -0.800. The van der Waals surface area contributed by atoms with Crippen LogP contribution in [0.25, 0.3) is 0 Å². The predicted octanol–water partition coefficient (Wildman–Crippen LogP) is 3.47. The summed E-state index contributed by atoms with van der Waals surface area (Å²) in [5.41, 5.74) is 5.14. The molecule has 10 heteroatoms. The second-order valence-corrected chi connectivity index (χ2v) is 10.5. The van der Waals surface area contributed by atoms with Gasteiger partial charge in [0.15, 0.2) is 4.60 Å². The monoisotopic (exact) mass is 472 g/mol. The number of anilines is 1. The lowest BCUT2D eigenvalue weighted by Crippen LogP contribution is -2.64. The Kier molecular flexibility index (Phi) is 5.64. The summed E-state index contributed by atoms with van der Waals surface area (Å²) in [6.45, 7) is 12.6. The standard InChI is InChI=1S/C18H27BBrN3O4S/c1-16(2,3)25-15(24)22-9-7-8-12(10-22)19-26-17(4,5)18(6,27-19)23-13(20)11-28-14(23)21/h8,11,21H,7,9-10H2,1-6H3/p+1. The van der Waals surface area contributed by atoms with Gasteiger partial charge in [-0.1, -0.05) is 17.4 Å². The van der Waals surface area contributed by atoms with E-state index >= 15 is 0 Å². The van der Waals surface area contributed by atoms with Gasteiger partial charge in [0.2, 0.25) is 5.72 Å². The smallest absolute Gasteiger partial charge is 0.444 e. The van der Waals surface area contributed by atoms with Crippen molar-refractivity contribution in [1.82, 2.24) is 4.90 Å². The first kappa shape index (κ1) is 21.6. The zero-order valence-electron chi connectivity index (χ0n) is 17.2. The summed E-state index contributed by atoms with van der Waals surface area (Å²) in [4.78, 5) is 14.2. The number of hydrogen-bond donors (Lipinski definition) is 1. The summed E-state index contributed by atoms with van der Waals surface area (Å²) in [7, 11) is -0.566. The van der Waals surface area contributed by atoms with Crippen LogP contribution in [0, 0.1) is 0 Å². The van der Waals surface area contributed by atoms with Crippen molar-refractivity contribution in [2.45, 2.75) is 64.9 Å². The third kappa shape index (κ3) is 3.97. The van der Waals surface area contributed by atoms with E-state index in [9.17, 15) is 4.79 Å². The highest BCUT2D eigenvalue weighted by Crippen LogP contribution is 2.42. The van der Waals surface area contributed by atoms with Gasteiger partial charge in [-0.25, -0.2) is 4.79 Å². The molecule has 1 unspecified atom stereocenters. The van der Waals surface area contributed by atoms with Crippen molar-refractivity contribution in [3.05, 3.63) is 21.5 Å². The Morgan fingerprint density at radius 2 is 2.07 bits per heavy atom. The number of amides is 1. The maximum atomic E-state index is 12.5. The van der Waals surface area contributed by atoms with Crippen molar-refractivity contribution >= 4 is 45.6 Å². The molecule has 0 aromatic carbocycles. The topological polar surface area (TPSA) is 77.9 Å². The molecule has 0 spiro atoms. The van der Waals surface area contributed by atoms with Gasteiger partial charge in [-0.3, -0.25) is 5.73 Å². The van der Waals surface area contributed by atoms with Crippen LogP contribution in [0.1, 0.15) is 48.0 Å². The SMILES string of the molecule is CC(C)(C)OC(=O)N1CCC=C(B2OC(C)(C)C(C)([n+]3c(Br)csc3N)O2)C1. The Morgan fingerprint density at radius 3 is 2.64 bits per heavy atom. The molecule has 28 heavy (non-hydrogen) atoms. The largest absolute Gasteiger partial charge is 0.494 e. The van der Waals surface area contributed by atoms with Gasteiger partial charge in [0.25, 0.3) is 0 Å². The first-order valence-corrected chi connectivity index (χ1v) is 11.0. The number of nitrogen functional groups attached to an aromatic ring is 1. The van der Waals surface area contributed by atoms with Crippen LogP contribution >= 0.6 is 27.3 Å². The van der Waals surface area contributed by atoms with Crippen molar-refractivity contribution < 1.29 is 23.4 Å². The molecule has 0 aliphatic carbocycles. The number of aromatic nitrogens is 1. The zero-order valence-corrected chi connectivity index (χ0v) is 19.6. The van der Waals surface area contributed by atoms with E-state index in [1.54, 1.807) is 4.90 Å². The normalized spacial score (nSPS) is 25.0. The molecule has 3 rings (SSSR count). The van der Waals surface area contributed by atoms with E-state index in [-0.39, 0.29) is 6.09 Å². The van der Waals surface area contributed by atoms with Crippen LogP contribution < -0.4 is 10.3 Å². The lowest BCUT2D eigenvalue weighted by atomic mass is 9.76. The number of nitrogens with two attached hydrogens (primary N) is 1. The van der Waals surface area contributed by atoms with E-state index in [1.165, 1.54) is 11.3 Å². The number of thiazole rings is 1. The lowest BCUT2D eigenvalue weighted by Gasteiger charge is -2.33. The minimum absolute atomic E-state index is 0.322. The minimum Gasteiger partial charge on any atom is -0.444 e. The molecular weight excluding hydrogens is 445 g/mol. The first-order valence-electron chi connectivity index (χ1n) is 9.31.